The Morgan fingerprint density at radius 2 is 2.00 bits per heavy atom. The molecule has 0 N–H and O–H groups in total. The Balaban J connectivity index is 2.26. The van der Waals surface area contributed by atoms with Crippen LogP contribution in [-0.4, -0.2) is 30.9 Å². The van der Waals surface area contributed by atoms with Crippen LogP contribution in [-0.2, 0) is 19.1 Å². The van der Waals surface area contributed by atoms with Gasteiger partial charge in [-0.25, -0.2) is 0 Å². The van der Waals surface area contributed by atoms with Gasteiger partial charge in [-0.3, -0.25) is 14.4 Å². The molecule has 118 valence electrons. The molecule has 1 fully saturated rings. The van der Waals surface area contributed by atoms with Crippen molar-refractivity contribution in [1.29, 1.82) is 0 Å². The second-order valence-corrected chi connectivity index (χ2v) is 6.06. The predicted octanol–water partition coefficient (Wildman–Crippen LogP) is 2.91. The highest BCUT2D eigenvalue weighted by Gasteiger charge is 2.51. The van der Waals surface area contributed by atoms with Crippen molar-refractivity contribution in [1.82, 2.24) is 0 Å². The summed E-state index contributed by atoms with van der Waals surface area (Å²) in [7, 11) is 0. The van der Waals surface area contributed by atoms with Gasteiger partial charge < -0.3 is 9.47 Å². The molecule has 2 rings (SSSR count). The van der Waals surface area contributed by atoms with Crippen LogP contribution >= 0.6 is 15.9 Å². The Morgan fingerprint density at radius 3 is 2.59 bits per heavy atom. The summed E-state index contributed by atoms with van der Waals surface area (Å²) in [6, 6.07) is 6.78. The van der Waals surface area contributed by atoms with Gasteiger partial charge in [0.15, 0.2) is 11.2 Å². The molecule has 5 nitrogen and oxygen atoms in total. The van der Waals surface area contributed by atoms with Crippen LogP contribution in [0, 0.1) is 5.41 Å². The van der Waals surface area contributed by atoms with E-state index in [1.165, 1.54) is 0 Å². The number of cyclic esters (lactones) is 1. The van der Waals surface area contributed by atoms with Gasteiger partial charge in [-0.2, -0.15) is 0 Å². The number of carbonyl (C=O) groups is 3. The van der Waals surface area contributed by atoms with E-state index in [0.29, 0.717) is 12.0 Å². The first-order chi connectivity index (χ1) is 10.5. The van der Waals surface area contributed by atoms with Crippen LogP contribution in [0.5, 0.6) is 0 Å². The minimum absolute atomic E-state index is 0.153. The summed E-state index contributed by atoms with van der Waals surface area (Å²) < 4.78 is 10.9. The van der Waals surface area contributed by atoms with Crippen molar-refractivity contribution in [2.75, 3.05) is 13.2 Å². The zero-order chi connectivity index (χ0) is 16.2. The van der Waals surface area contributed by atoms with Crippen molar-refractivity contribution >= 4 is 33.7 Å². The van der Waals surface area contributed by atoms with Gasteiger partial charge in [0.25, 0.3) is 0 Å². The predicted molar refractivity (Wildman–Crippen MR) is 82.3 cm³/mol. The average molecular weight is 369 g/mol. The zero-order valence-electron chi connectivity index (χ0n) is 12.3. The Hall–Kier alpha value is -1.69. The Labute approximate surface area is 137 Å². The molecule has 0 aromatic heterocycles. The van der Waals surface area contributed by atoms with Crippen LogP contribution in [0.2, 0.25) is 0 Å². The number of benzene rings is 1. The molecule has 0 spiro atoms. The standard InChI is InChI=1S/C16H17BrO5/c1-2-21-14(19)16(8-3-9-22-15(16)20)10-13(18)11-4-6-12(17)7-5-11/h4-7H,2-3,8-10H2,1H3. The molecule has 1 saturated heterocycles. The first-order valence-electron chi connectivity index (χ1n) is 7.13. The number of carbonyl (C=O) groups excluding carboxylic acids is 3. The van der Waals surface area contributed by atoms with E-state index >= 15 is 0 Å². The van der Waals surface area contributed by atoms with Gasteiger partial charge in [0.2, 0.25) is 0 Å². The van der Waals surface area contributed by atoms with Gasteiger partial charge in [0.1, 0.15) is 0 Å². The molecular weight excluding hydrogens is 352 g/mol. The lowest BCUT2D eigenvalue weighted by Gasteiger charge is -2.32. The summed E-state index contributed by atoms with van der Waals surface area (Å²) in [6.07, 6.45) is 0.581. The maximum absolute atomic E-state index is 12.5. The van der Waals surface area contributed by atoms with E-state index in [-0.39, 0.29) is 31.8 Å². The van der Waals surface area contributed by atoms with Crippen molar-refractivity contribution in [2.45, 2.75) is 26.2 Å². The number of Topliss-reactive ketones (excluding diaryl/α,β-unsaturated/α-hetero) is 1. The lowest BCUT2D eigenvalue weighted by Crippen LogP contribution is -2.46. The SMILES string of the molecule is CCOC(=O)C1(CC(=O)c2ccc(Br)cc2)CCCOC1=O. The van der Waals surface area contributed by atoms with E-state index in [1.807, 2.05) is 0 Å². The lowest BCUT2D eigenvalue weighted by atomic mass is 9.76. The molecule has 0 radical (unpaired) electrons. The third kappa shape index (κ3) is 3.38. The number of ketones is 1. The summed E-state index contributed by atoms with van der Waals surface area (Å²) in [5, 5.41) is 0. The van der Waals surface area contributed by atoms with Crippen LogP contribution in [0.25, 0.3) is 0 Å². The molecule has 1 unspecified atom stereocenters. The fraction of sp³-hybridized carbons (Fsp3) is 0.438. The van der Waals surface area contributed by atoms with Crippen LogP contribution in [0.4, 0.5) is 0 Å². The molecule has 6 heteroatoms. The van der Waals surface area contributed by atoms with Crippen LogP contribution in [0.15, 0.2) is 28.7 Å². The normalized spacial score (nSPS) is 21.1. The maximum Gasteiger partial charge on any atom is 0.323 e. The largest absolute Gasteiger partial charge is 0.465 e. The van der Waals surface area contributed by atoms with Gasteiger partial charge in [-0.15, -0.1) is 0 Å². The zero-order valence-corrected chi connectivity index (χ0v) is 13.9. The molecule has 1 aliphatic rings. The highest BCUT2D eigenvalue weighted by molar-refractivity contribution is 9.10. The van der Waals surface area contributed by atoms with Gasteiger partial charge in [0.05, 0.1) is 13.2 Å². The fourth-order valence-corrected chi connectivity index (χ4v) is 2.74. The van der Waals surface area contributed by atoms with E-state index < -0.39 is 17.4 Å². The molecule has 0 saturated carbocycles. The fourth-order valence-electron chi connectivity index (χ4n) is 2.48. The van der Waals surface area contributed by atoms with Crippen molar-refractivity contribution in [3.8, 4) is 0 Å². The number of halogens is 1. The molecule has 1 heterocycles. The molecule has 1 aromatic rings. The van der Waals surface area contributed by atoms with E-state index in [1.54, 1.807) is 31.2 Å². The summed E-state index contributed by atoms with van der Waals surface area (Å²) in [5.41, 5.74) is -1.07. The second-order valence-electron chi connectivity index (χ2n) is 5.15. The summed E-state index contributed by atoms with van der Waals surface area (Å²) in [5.74, 6) is -1.62. The van der Waals surface area contributed by atoms with Gasteiger partial charge in [-0.05, 0) is 31.9 Å². The Morgan fingerprint density at radius 1 is 1.32 bits per heavy atom. The van der Waals surface area contributed by atoms with E-state index in [4.69, 9.17) is 9.47 Å². The monoisotopic (exact) mass is 368 g/mol. The quantitative estimate of drug-likeness (QED) is 0.454. The number of rotatable bonds is 5. The number of hydrogen-bond donors (Lipinski definition) is 0. The molecule has 22 heavy (non-hydrogen) atoms. The summed E-state index contributed by atoms with van der Waals surface area (Å²) in [6.45, 7) is 2.09. The van der Waals surface area contributed by atoms with E-state index in [2.05, 4.69) is 15.9 Å². The average Bonchev–Trinajstić information content (AvgIpc) is 2.50. The highest BCUT2D eigenvalue weighted by atomic mass is 79.9. The topological polar surface area (TPSA) is 69.7 Å². The maximum atomic E-state index is 12.5. The minimum Gasteiger partial charge on any atom is -0.465 e. The lowest BCUT2D eigenvalue weighted by molar-refractivity contribution is -0.177. The van der Waals surface area contributed by atoms with E-state index in [0.717, 1.165) is 4.47 Å². The molecule has 0 bridgehead atoms. The molecule has 1 aromatic carbocycles. The Kier molecular flexibility index (Phi) is 5.34. The van der Waals surface area contributed by atoms with Gasteiger partial charge in [0, 0.05) is 16.5 Å². The summed E-state index contributed by atoms with van der Waals surface area (Å²) in [4.78, 5) is 36.9. The third-order valence-electron chi connectivity index (χ3n) is 3.67. The minimum atomic E-state index is -1.52. The third-order valence-corrected chi connectivity index (χ3v) is 4.20. The molecule has 1 aliphatic heterocycles. The van der Waals surface area contributed by atoms with Crippen LogP contribution < -0.4 is 0 Å². The molecular formula is C16H17BrO5. The van der Waals surface area contributed by atoms with Gasteiger partial charge >= 0.3 is 11.9 Å². The highest BCUT2D eigenvalue weighted by Crippen LogP contribution is 2.36. The van der Waals surface area contributed by atoms with Crippen LogP contribution in [0.3, 0.4) is 0 Å². The first-order valence-corrected chi connectivity index (χ1v) is 7.92. The van der Waals surface area contributed by atoms with Crippen molar-refractivity contribution < 1.29 is 23.9 Å². The van der Waals surface area contributed by atoms with Crippen molar-refractivity contribution in [3.05, 3.63) is 34.3 Å². The Bertz CT molecular complexity index is 581. The van der Waals surface area contributed by atoms with Gasteiger partial charge in [-0.1, -0.05) is 28.1 Å². The molecule has 1 atom stereocenters. The number of esters is 2. The molecule has 0 amide bonds. The number of ether oxygens (including phenoxy) is 2. The molecule has 0 aliphatic carbocycles. The summed E-state index contributed by atoms with van der Waals surface area (Å²) >= 11 is 3.30. The van der Waals surface area contributed by atoms with Crippen LogP contribution in [0.1, 0.15) is 36.5 Å². The smallest absolute Gasteiger partial charge is 0.323 e. The number of hydrogen-bond acceptors (Lipinski definition) is 5. The first kappa shape index (κ1) is 16.7. The van der Waals surface area contributed by atoms with Crippen molar-refractivity contribution in [2.24, 2.45) is 5.41 Å². The van der Waals surface area contributed by atoms with Crippen molar-refractivity contribution in [3.63, 3.8) is 0 Å². The second kappa shape index (κ2) is 7.05. The van der Waals surface area contributed by atoms with E-state index in [9.17, 15) is 14.4 Å².